The number of pyridine rings is 1. The monoisotopic (exact) mass is 402 g/mol. The van der Waals surface area contributed by atoms with Crippen LogP contribution in [0.15, 0.2) is 58.3 Å². The van der Waals surface area contributed by atoms with Gasteiger partial charge in [0.15, 0.2) is 5.65 Å². The van der Waals surface area contributed by atoms with Crippen molar-refractivity contribution in [2.45, 2.75) is 19.8 Å². The van der Waals surface area contributed by atoms with Gasteiger partial charge in [0.2, 0.25) is 0 Å². The number of nitrogens with zero attached hydrogens (tertiary/aromatic N) is 3. The van der Waals surface area contributed by atoms with Crippen molar-refractivity contribution in [2.24, 2.45) is 14.1 Å². The van der Waals surface area contributed by atoms with Crippen LogP contribution >= 0.6 is 0 Å². The predicted molar refractivity (Wildman–Crippen MR) is 118 cm³/mol. The fourth-order valence-corrected chi connectivity index (χ4v) is 3.63. The van der Waals surface area contributed by atoms with Gasteiger partial charge in [-0.15, -0.1) is 0 Å². The van der Waals surface area contributed by atoms with Crippen molar-refractivity contribution >= 4 is 33.4 Å². The Morgan fingerprint density at radius 3 is 2.40 bits per heavy atom. The maximum Gasteiger partial charge on any atom is 0.332 e. The Morgan fingerprint density at radius 2 is 1.70 bits per heavy atom. The lowest BCUT2D eigenvalue weighted by atomic mass is 10.0. The minimum Gasteiger partial charge on any atom is -0.321 e. The molecular weight excluding hydrogens is 380 g/mol. The fourth-order valence-electron chi connectivity index (χ4n) is 3.63. The average molecular weight is 402 g/mol. The number of aromatic nitrogens is 3. The van der Waals surface area contributed by atoms with Gasteiger partial charge in [-0.1, -0.05) is 44.2 Å². The van der Waals surface area contributed by atoms with E-state index >= 15 is 0 Å². The molecule has 30 heavy (non-hydrogen) atoms. The number of hydrogen-bond acceptors (Lipinski definition) is 4. The number of nitrogens with one attached hydrogen (secondary N) is 1. The van der Waals surface area contributed by atoms with Crippen LogP contribution in [0.4, 0.5) is 5.69 Å². The van der Waals surface area contributed by atoms with E-state index in [9.17, 15) is 14.4 Å². The van der Waals surface area contributed by atoms with E-state index in [1.165, 1.54) is 11.6 Å². The molecule has 0 atom stereocenters. The number of hydrogen-bond donors (Lipinski definition) is 1. The molecule has 7 nitrogen and oxygen atoms in total. The van der Waals surface area contributed by atoms with Gasteiger partial charge in [0, 0.05) is 25.9 Å². The first-order valence-corrected chi connectivity index (χ1v) is 9.68. The molecule has 4 rings (SSSR count). The van der Waals surface area contributed by atoms with Gasteiger partial charge in [-0.3, -0.25) is 18.7 Å². The summed E-state index contributed by atoms with van der Waals surface area (Å²) >= 11 is 0. The summed E-state index contributed by atoms with van der Waals surface area (Å²) in [5.41, 5.74) is 0.883. The summed E-state index contributed by atoms with van der Waals surface area (Å²) in [6.07, 6.45) is 1.61. The number of carbonyl (C=O) groups is 1. The highest BCUT2D eigenvalue weighted by Gasteiger charge is 2.21. The molecule has 2 aromatic heterocycles. The molecule has 4 aromatic rings. The van der Waals surface area contributed by atoms with Gasteiger partial charge in [0.25, 0.3) is 11.5 Å². The van der Waals surface area contributed by atoms with Crippen molar-refractivity contribution in [3.63, 3.8) is 0 Å². The van der Waals surface area contributed by atoms with E-state index in [4.69, 9.17) is 0 Å². The third-order valence-electron chi connectivity index (χ3n) is 5.37. The smallest absolute Gasteiger partial charge is 0.321 e. The lowest BCUT2D eigenvalue weighted by molar-refractivity contribution is 0.102. The summed E-state index contributed by atoms with van der Waals surface area (Å²) in [5, 5.41) is 5.13. The van der Waals surface area contributed by atoms with Gasteiger partial charge in [-0.2, -0.15) is 0 Å². The van der Waals surface area contributed by atoms with Crippen LogP contribution in [0.3, 0.4) is 0 Å². The summed E-state index contributed by atoms with van der Waals surface area (Å²) in [6.45, 7) is 3.92. The Labute approximate surface area is 172 Å². The van der Waals surface area contributed by atoms with Crippen molar-refractivity contribution in [3.05, 3.63) is 80.6 Å². The second-order valence-electron chi connectivity index (χ2n) is 7.66. The zero-order chi connectivity index (χ0) is 21.6. The molecule has 0 fully saturated rings. The van der Waals surface area contributed by atoms with Gasteiger partial charge in [0.1, 0.15) is 5.39 Å². The van der Waals surface area contributed by atoms with E-state index in [0.717, 1.165) is 20.9 Å². The highest BCUT2D eigenvalue weighted by molar-refractivity contribution is 6.10. The summed E-state index contributed by atoms with van der Waals surface area (Å²) < 4.78 is 2.34. The van der Waals surface area contributed by atoms with Crippen LogP contribution in [0, 0.1) is 0 Å². The molecule has 0 aliphatic carbocycles. The fraction of sp³-hybridized carbons (Fsp3) is 0.217. The molecule has 0 aliphatic rings. The van der Waals surface area contributed by atoms with Gasteiger partial charge in [-0.25, -0.2) is 9.78 Å². The van der Waals surface area contributed by atoms with E-state index < -0.39 is 11.2 Å². The second kappa shape index (κ2) is 7.26. The van der Waals surface area contributed by atoms with Crippen molar-refractivity contribution in [1.29, 1.82) is 0 Å². The Balaban J connectivity index is 1.92. The molecule has 0 unspecified atom stereocenters. The highest BCUT2D eigenvalue weighted by atomic mass is 16.2. The summed E-state index contributed by atoms with van der Waals surface area (Å²) in [4.78, 5) is 42.7. The lowest BCUT2D eigenvalue weighted by Gasteiger charge is -2.17. The third kappa shape index (κ3) is 3.08. The number of fused-ring (bicyclic) bond motifs is 2. The third-order valence-corrected chi connectivity index (χ3v) is 5.37. The number of benzene rings is 2. The number of amides is 1. The normalized spacial score (nSPS) is 11.4. The molecule has 1 amide bonds. The van der Waals surface area contributed by atoms with Gasteiger partial charge in [-0.05, 0) is 34.4 Å². The van der Waals surface area contributed by atoms with Gasteiger partial charge >= 0.3 is 5.69 Å². The molecule has 0 bridgehead atoms. The Hall–Kier alpha value is -3.74. The molecule has 0 radical (unpaired) electrons. The lowest BCUT2D eigenvalue weighted by Crippen LogP contribution is -2.38. The largest absolute Gasteiger partial charge is 0.332 e. The van der Waals surface area contributed by atoms with Crippen LogP contribution in [0.2, 0.25) is 0 Å². The molecule has 2 aromatic carbocycles. The van der Waals surface area contributed by atoms with E-state index in [1.54, 1.807) is 19.3 Å². The van der Waals surface area contributed by atoms with Crippen LogP contribution in [0.1, 0.15) is 35.7 Å². The van der Waals surface area contributed by atoms with Crippen LogP contribution in [0.25, 0.3) is 21.8 Å². The Bertz CT molecular complexity index is 1430. The standard InChI is InChI=1S/C23H22N4O3/c1-13(2)17-12-24-20-18(22(29)27(4)23(30)26(20)3)19(17)25-21(28)16-10-9-14-7-5-6-8-15(14)11-16/h5-13H,1-4H3,(H,24,25,28). The molecule has 152 valence electrons. The molecule has 0 aliphatic heterocycles. The van der Waals surface area contributed by atoms with Crippen LogP contribution in [-0.4, -0.2) is 20.0 Å². The average Bonchev–Trinajstić information content (AvgIpc) is 2.75. The maximum atomic E-state index is 13.1. The zero-order valence-corrected chi connectivity index (χ0v) is 17.3. The summed E-state index contributed by atoms with van der Waals surface area (Å²) in [7, 11) is 2.97. The highest BCUT2D eigenvalue weighted by Crippen LogP contribution is 2.29. The number of rotatable bonds is 3. The molecular formula is C23H22N4O3. The molecule has 7 heteroatoms. The van der Waals surface area contributed by atoms with E-state index in [2.05, 4.69) is 10.3 Å². The van der Waals surface area contributed by atoms with Crippen LogP contribution < -0.4 is 16.6 Å². The van der Waals surface area contributed by atoms with Crippen LogP contribution in [-0.2, 0) is 14.1 Å². The zero-order valence-electron chi connectivity index (χ0n) is 17.3. The maximum absolute atomic E-state index is 13.1. The molecule has 0 saturated heterocycles. The van der Waals surface area contributed by atoms with Gasteiger partial charge in [0.05, 0.1) is 5.69 Å². The summed E-state index contributed by atoms with van der Waals surface area (Å²) in [6, 6.07) is 13.2. The van der Waals surface area contributed by atoms with Crippen LogP contribution in [0.5, 0.6) is 0 Å². The Kier molecular flexibility index (Phi) is 4.73. The van der Waals surface area contributed by atoms with E-state index in [0.29, 0.717) is 11.3 Å². The van der Waals surface area contributed by atoms with E-state index in [1.807, 2.05) is 50.2 Å². The second-order valence-corrected chi connectivity index (χ2v) is 7.66. The van der Waals surface area contributed by atoms with E-state index in [-0.39, 0.29) is 22.9 Å². The minimum atomic E-state index is -0.489. The quantitative estimate of drug-likeness (QED) is 0.570. The molecule has 0 spiro atoms. The topological polar surface area (TPSA) is 86.0 Å². The first kappa shape index (κ1) is 19.6. The Morgan fingerprint density at radius 1 is 1.00 bits per heavy atom. The number of carbonyl (C=O) groups excluding carboxylic acids is 1. The number of aryl methyl sites for hydroxylation is 1. The molecule has 1 N–H and O–H groups in total. The van der Waals surface area contributed by atoms with Crippen molar-refractivity contribution in [3.8, 4) is 0 Å². The van der Waals surface area contributed by atoms with Crippen molar-refractivity contribution in [2.75, 3.05) is 5.32 Å². The molecule has 2 heterocycles. The summed E-state index contributed by atoms with van der Waals surface area (Å²) in [5.74, 6) is -0.318. The van der Waals surface area contributed by atoms with Crippen molar-refractivity contribution < 1.29 is 4.79 Å². The van der Waals surface area contributed by atoms with Gasteiger partial charge < -0.3 is 5.32 Å². The first-order chi connectivity index (χ1) is 14.3. The first-order valence-electron chi connectivity index (χ1n) is 9.68. The minimum absolute atomic E-state index is 0.00995. The SMILES string of the molecule is CC(C)c1cnc2c(c1NC(=O)c1ccc3ccccc3c1)c(=O)n(C)c(=O)n2C. The predicted octanol–water partition coefficient (Wildman–Crippen LogP) is 3.16. The van der Waals surface area contributed by atoms with Crippen molar-refractivity contribution in [1.82, 2.24) is 14.1 Å². The molecule has 0 saturated carbocycles. The number of anilines is 1.